The van der Waals surface area contributed by atoms with E-state index in [1.165, 1.54) is 0 Å². The van der Waals surface area contributed by atoms with Crippen molar-refractivity contribution in [2.45, 2.75) is 31.5 Å². The number of hydrogen-bond acceptors (Lipinski definition) is 2. The average molecular weight is 198 g/mol. The van der Waals surface area contributed by atoms with Gasteiger partial charge in [0.2, 0.25) is 0 Å². The van der Waals surface area contributed by atoms with Gasteiger partial charge < -0.3 is 10.2 Å². The van der Waals surface area contributed by atoms with Crippen LogP contribution in [0.1, 0.15) is 19.3 Å². The second-order valence-corrected chi connectivity index (χ2v) is 3.28. The van der Waals surface area contributed by atoms with Crippen molar-refractivity contribution in [3.05, 3.63) is 0 Å². The molecule has 0 radical (unpaired) electrons. The number of rotatable bonds is 1. The van der Waals surface area contributed by atoms with E-state index in [9.17, 15) is 18.0 Å². The molecule has 0 amide bonds. The summed E-state index contributed by atoms with van der Waals surface area (Å²) >= 11 is 0. The lowest BCUT2D eigenvalue weighted by Crippen LogP contribution is -2.43. The molecule has 0 spiro atoms. The Labute approximate surface area is 72.2 Å². The summed E-state index contributed by atoms with van der Waals surface area (Å²) in [5.74, 6) is -1.89. The second kappa shape index (κ2) is 2.87. The Kier molecular flexibility index (Phi) is 2.27. The van der Waals surface area contributed by atoms with Gasteiger partial charge >= 0.3 is 12.1 Å². The molecule has 76 valence electrons. The van der Waals surface area contributed by atoms with Gasteiger partial charge in [-0.15, -0.1) is 0 Å². The maximum Gasteiger partial charge on any atom is 0.405 e. The molecule has 1 saturated carbocycles. The van der Waals surface area contributed by atoms with Gasteiger partial charge in [-0.3, -0.25) is 4.79 Å². The molecule has 1 rings (SSSR count). The highest BCUT2D eigenvalue weighted by atomic mass is 19.4. The number of carboxylic acids is 1. The van der Waals surface area contributed by atoms with Gasteiger partial charge in [-0.2, -0.15) is 13.2 Å². The topological polar surface area (TPSA) is 57.5 Å². The Morgan fingerprint density at radius 3 is 2.15 bits per heavy atom. The first-order chi connectivity index (χ1) is 5.79. The molecule has 2 N–H and O–H groups in total. The number of aliphatic hydroxyl groups is 1. The van der Waals surface area contributed by atoms with Gasteiger partial charge in [-0.05, 0) is 19.3 Å². The predicted molar refractivity (Wildman–Crippen MR) is 36.0 cm³/mol. The Morgan fingerprint density at radius 1 is 1.46 bits per heavy atom. The number of alkyl halides is 3. The van der Waals surface area contributed by atoms with Crippen molar-refractivity contribution in [2.24, 2.45) is 5.41 Å². The molecule has 1 aliphatic carbocycles. The molecule has 3 nitrogen and oxygen atoms in total. The van der Waals surface area contributed by atoms with Crippen LogP contribution < -0.4 is 0 Å². The van der Waals surface area contributed by atoms with Gasteiger partial charge in [0.15, 0.2) is 5.41 Å². The summed E-state index contributed by atoms with van der Waals surface area (Å²) in [6, 6.07) is 0. The number of halogens is 3. The summed E-state index contributed by atoms with van der Waals surface area (Å²) in [6.07, 6.45) is -7.31. The van der Waals surface area contributed by atoms with Crippen LogP contribution >= 0.6 is 0 Å². The zero-order valence-electron chi connectivity index (χ0n) is 6.64. The average Bonchev–Trinajstić information content (AvgIpc) is 2.30. The number of aliphatic hydroxyl groups excluding tert-OH is 1. The molecule has 6 heteroatoms. The minimum atomic E-state index is -4.78. The zero-order valence-corrected chi connectivity index (χ0v) is 6.64. The van der Waals surface area contributed by atoms with E-state index in [1.54, 1.807) is 0 Å². The lowest BCUT2D eigenvalue weighted by Gasteiger charge is -2.26. The molecule has 1 unspecified atom stereocenters. The highest BCUT2D eigenvalue weighted by Gasteiger charge is 2.63. The summed E-state index contributed by atoms with van der Waals surface area (Å²) in [7, 11) is 0. The summed E-state index contributed by atoms with van der Waals surface area (Å²) in [5, 5.41) is 17.4. The zero-order chi connectivity index (χ0) is 10.3. The maximum absolute atomic E-state index is 12.3. The van der Waals surface area contributed by atoms with Crippen LogP contribution in [0.2, 0.25) is 0 Å². The van der Waals surface area contributed by atoms with E-state index in [0.717, 1.165) is 0 Å². The molecule has 0 aromatic rings. The molecular weight excluding hydrogens is 189 g/mol. The Morgan fingerprint density at radius 2 is 2.00 bits per heavy atom. The summed E-state index contributed by atoms with van der Waals surface area (Å²) < 4.78 is 37.0. The van der Waals surface area contributed by atoms with Crippen molar-refractivity contribution >= 4 is 5.97 Å². The van der Waals surface area contributed by atoms with Crippen molar-refractivity contribution in [1.82, 2.24) is 0 Å². The smallest absolute Gasteiger partial charge is 0.405 e. The lowest BCUT2D eigenvalue weighted by molar-refractivity contribution is -0.231. The first-order valence-corrected chi connectivity index (χ1v) is 3.78. The molecule has 0 saturated heterocycles. The van der Waals surface area contributed by atoms with E-state index < -0.39 is 36.5 Å². The van der Waals surface area contributed by atoms with E-state index in [4.69, 9.17) is 10.2 Å². The van der Waals surface area contributed by atoms with Gasteiger partial charge in [-0.1, -0.05) is 0 Å². The van der Waals surface area contributed by atoms with E-state index in [2.05, 4.69) is 0 Å². The quantitative estimate of drug-likeness (QED) is 0.664. The Bertz CT molecular complexity index is 226. The lowest BCUT2D eigenvalue weighted by atomic mass is 9.85. The minimum absolute atomic E-state index is 0.105. The van der Waals surface area contributed by atoms with Crippen molar-refractivity contribution in [2.75, 3.05) is 0 Å². The number of carbonyl (C=O) groups is 1. The van der Waals surface area contributed by atoms with Crippen LogP contribution in [0, 0.1) is 5.41 Å². The first-order valence-electron chi connectivity index (χ1n) is 3.78. The second-order valence-electron chi connectivity index (χ2n) is 3.28. The van der Waals surface area contributed by atoms with Crippen molar-refractivity contribution in [3.8, 4) is 0 Å². The fraction of sp³-hybridized carbons (Fsp3) is 0.857. The fourth-order valence-corrected chi connectivity index (χ4v) is 1.59. The molecule has 2 atom stereocenters. The summed E-state index contributed by atoms with van der Waals surface area (Å²) in [6.45, 7) is 0. The number of aliphatic carboxylic acids is 1. The number of hydrogen-bond donors (Lipinski definition) is 2. The Balaban J connectivity index is 2.97. The molecule has 0 heterocycles. The van der Waals surface area contributed by atoms with Crippen LogP contribution in [-0.2, 0) is 4.79 Å². The molecule has 1 aliphatic rings. The molecule has 13 heavy (non-hydrogen) atoms. The molecular formula is C7H9F3O3. The minimum Gasteiger partial charge on any atom is -0.481 e. The summed E-state index contributed by atoms with van der Waals surface area (Å²) in [4.78, 5) is 10.5. The molecule has 0 bridgehead atoms. The monoisotopic (exact) mass is 198 g/mol. The molecule has 0 aromatic carbocycles. The van der Waals surface area contributed by atoms with Crippen LogP contribution in [0.15, 0.2) is 0 Å². The van der Waals surface area contributed by atoms with Crippen LogP contribution in [0.5, 0.6) is 0 Å². The van der Waals surface area contributed by atoms with Crippen LogP contribution in [0.4, 0.5) is 13.2 Å². The maximum atomic E-state index is 12.3. The van der Waals surface area contributed by atoms with Crippen LogP contribution in [0.25, 0.3) is 0 Å². The van der Waals surface area contributed by atoms with Crippen LogP contribution in [-0.4, -0.2) is 28.5 Å². The summed E-state index contributed by atoms with van der Waals surface area (Å²) in [5.41, 5.74) is -2.73. The first kappa shape index (κ1) is 10.3. The third-order valence-electron chi connectivity index (χ3n) is 2.44. The molecule has 1 fully saturated rings. The van der Waals surface area contributed by atoms with E-state index in [0.29, 0.717) is 0 Å². The fourth-order valence-electron chi connectivity index (χ4n) is 1.59. The predicted octanol–water partition coefficient (Wildman–Crippen LogP) is 1.16. The highest BCUT2D eigenvalue weighted by Crippen LogP contribution is 2.50. The van der Waals surface area contributed by atoms with Gasteiger partial charge in [0.1, 0.15) is 0 Å². The molecule has 0 aromatic heterocycles. The third kappa shape index (κ3) is 1.50. The largest absolute Gasteiger partial charge is 0.481 e. The molecule has 0 aliphatic heterocycles. The Hall–Kier alpha value is -0.780. The van der Waals surface area contributed by atoms with Gasteiger partial charge in [0.05, 0.1) is 6.10 Å². The van der Waals surface area contributed by atoms with Crippen molar-refractivity contribution < 1.29 is 28.2 Å². The highest BCUT2D eigenvalue weighted by molar-refractivity contribution is 5.76. The van der Waals surface area contributed by atoms with Gasteiger partial charge in [0.25, 0.3) is 0 Å². The van der Waals surface area contributed by atoms with Gasteiger partial charge in [-0.25, -0.2) is 0 Å². The SMILES string of the molecule is O=C(O)[C@]1(C(F)(F)F)CCC(O)C1. The van der Waals surface area contributed by atoms with Crippen LogP contribution in [0.3, 0.4) is 0 Å². The van der Waals surface area contributed by atoms with E-state index in [-0.39, 0.29) is 6.42 Å². The van der Waals surface area contributed by atoms with Crippen molar-refractivity contribution in [1.29, 1.82) is 0 Å². The van der Waals surface area contributed by atoms with Gasteiger partial charge in [0, 0.05) is 0 Å². The van der Waals surface area contributed by atoms with Crippen molar-refractivity contribution in [3.63, 3.8) is 0 Å². The number of carboxylic acid groups (broad SMARTS) is 1. The van der Waals surface area contributed by atoms with E-state index >= 15 is 0 Å². The standard InChI is InChI=1S/C7H9F3O3/c8-7(9,10)6(5(12)13)2-1-4(11)3-6/h4,11H,1-3H2,(H,12,13)/t4?,6-/m0/s1. The third-order valence-corrected chi connectivity index (χ3v) is 2.44. The normalized spacial score (nSPS) is 34.9. The van der Waals surface area contributed by atoms with E-state index in [1.807, 2.05) is 0 Å².